The van der Waals surface area contributed by atoms with Gasteiger partial charge >= 0.3 is 0 Å². The molecule has 0 amide bonds. The fourth-order valence-corrected chi connectivity index (χ4v) is 6.36. The van der Waals surface area contributed by atoms with Crippen LogP contribution in [-0.4, -0.2) is 85.5 Å². The van der Waals surface area contributed by atoms with Crippen molar-refractivity contribution in [2.75, 3.05) is 22.9 Å². The highest BCUT2D eigenvalue weighted by molar-refractivity contribution is 7.87. The Bertz CT molecular complexity index is 2460. The highest BCUT2D eigenvalue weighted by atomic mass is 35.5. The lowest BCUT2D eigenvalue weighted by molar-refractivity contribution is 0.338. The van der Waals surface area contributed by atoms with Crippen molar-refractivity contribution in [3.8, 4) is 0 Å². The Morgan fingerprint density at radius 2 is 1.43 bits per heavy atom. The molecule has 0 atom stereocenters. The van der Waals surface area contributed by atoms with Crippen LogP contribution in [0.3, 0.4) is 0 Å². The molecule has 1 aromatic heterocycles. The number of halogens is 1. The molecule has 0 fully saturated rings. The number of fused-ring (bicyclic) bond motifs is 1. The summed E-state index contributed by atoms with van der Waals surface area (Å²) in [6.07, 6.45) is 0.778. The lowest BCUT2D eigenvalue weighted by atomic mass is 10.1. The lowest BCUT2D eigenvalue weighted by Crippen LogP contribution is -2.16. The van der Waals surface area contributed by atoms with E-state index < -0.39 is 77.4 Å². The summed E-state index contributed by atoms with van der Waals surface area (Å²) in [4.78, 5) is 17.0. The molecule has 0 bridgehead atoms. The summed E-state index contributed by atoms with van der Waals surface area (Å²) in [5, 5.41) is 11.8. The SMILES string of the molecule is NOC=Nc1cc(Nc2nc(Cl)nc(NCCS(=O)(=O)O)n2)ccc1/N=N/c1cc2c(S(=O)(=O)O)cc(S(=O)(=O)O)cc2cc1S(=O)(=O)O. The number of azo groups is 1. The Morgan fingerprint density at radius 3 is 2.04 bits per heavy atom. The Balaban J connectivity index is 1.78. The number of nitrogens with two attached hydrogens (primary N) is 1. The molecule has 49 heavy (non-hydrogen) atoms. The molecule has 0 aliphatic rings. The molecule has 8 N–H and O–H groups in total. The predicted molar refractivity (Wildman–Crippen MR) is 170 cm³/mol. The molecule has 0 aliphatic carbocycles. The number of rotatable bonds is 13. The molecule has 3 aromatic carbocycles. The van der Waals surface area contributed by atoms with E-state index >= 15 is 0 Å². The van der Waals surface area contributed by atoms with Crippen molar-refractivity contribution in [3.05, 3.63) is 47.7 Å². The van der Waals surface area contributed by atoms with Gasteiger partial charge in [0.2, 0.25) is 23.6 Å². The van der Waals surface area contributed by atoms with Crippen LogP contribution < -0.4 is 16.5 Å². The normalized spacial score (nSPS) is 12.9. The van der Waals surface area contributed by atoms with E-state index in [1.165, 1.54) is 18.2 Å². The molecule has 1 heterocycles. The molecule has 262 valence electrons. The number of aliphatic imine (C=N–C) groups is 1. The van der Waals surface area contributed by atoms with Crippen LogP contribution in [-0.2, 0) is 45.3 Å². The molecule has 0 aliphatic heterocycles. The Hall–Kier alpha value is -4.51. The number of nitrogens with one attached hydrogen (secondary N) is 2. The zero-order valence-electron chi connectivity index (χ0n) is 23.8. The summed E-state index contributed by atoms with van der Waals surface area (Å²) in [6, 6.07) is 6.49. The van der Waals surface area contributed by atoms with Gasteiger partial charge in [-0.25, -0.2) is 4.99 Å². The van der Waals surface area contributed by atoms with Crippen LogP contribution in [0.4, 0.5) is 34.6 Å². The summed E-state index contributed by atoms with van der Waals surface area (Å²) in [6.45, 7) is -0.268. The van der Waals surface area contributed by atoms with Gasteiger partial charge < -0.3 is 15.5 Å². The predicted octanol–water partition coefficient (Wildman–Crippen LogP) is 2.43. The van der Waals surface area contributed by atoms with Crippen molar-refractivity contribution in [1.82, 2.24) is 15.0 Å². The van der Waals surface area contributed by atoms with Gasteiger partial charge in [-0.1, -0.05) is 0 Å². The third kappa shape index (κ3) is 10.0. The van der Waals surface area contributed by atoms with Crippen molar-refractivity contribution in [1.29, 1.82) is 0 Å². The minimum atomic E-state index is -5.18. The van der Waals surface area contributed by atoms with Crippen LogP contribution in [0.25, 0.3) is 10.8 Å². The van der Waals surface area contributed by atoms with Crippen LogP contribution in [0.5, 0.6) is 0 Å². The van der Waals surface area contributed by atoms with Crippen molar-refractivity contribution < 1.29 is 56.7 Å². The third-order valence-corrected chi connectivity index (χ3v) is 9.32. The second-order valence-corrected chi connectivity index (χ2v) is 15.4. The number of aromatic nitrogens is 3. The monoisotopic (exact) mass is 781 g/mol. The van der Waals surface area contributed by atoms with E-state index in [9.17, 15) is 47.3 Å². The average molecular weight is 782 g/mol. The first kappa shape index (κ1) is 37.3. The summed E-state index contributed by atoms with van der Waals surface area (Å²) >= 11 is 5.92. The fraction of sp³-hybridized carbons (Fsp3) is 0.0909. The van der Waals surface area contributed by atoms with Gasteiger partial charge in [0.1, 0.15) is 21.2 Å². The molecule has 0 radical (unpaired) electrons. The second kappa shape index (κ2) is 14.2. The van der Waals surface area contributed by atoms with E-state index in [2.05, 4.69) is 45.6 Å². The third-order valence-electron chi connectivity index (χ3n) is 5.82. The van der Waals surface area contributed by atoms with Gasteiger partial charge in [0.25, 0.3) is 40.5 Å². The number of hydrogen-bond donors (Lipinski definition) is 7. The number of nitrogens with zero attached hydrogens (tertiary/aromatic N) is 6. The highest BCUT2D eigenvalue weighted by Gasteiger charge is 2.24. The first-order valence-corrected chi connectivity index (χ1v) is 18.8. The first-order valence-electron chi connectivity index (χ1n) is 12.5. The quantitative estimate of drug-likeness (QED) is 0.0336. The van der Waals surface area contributed by atoms with E-state index in [0.717, 1.165) is 12.5 Å². The molecule has 0 saturated heterocycles. The molecule has 22 nitrogen and oxygen atoms in total. The van der Waals surface area contributed by atoms with E-state index in [1.54, 1.807) is 0 Å². The number of anilines is 3. The number of hydrogen-bond acceptors (Lipinski definition) is 18. The summed E-state index contributed by atoms with van der Waals surface area (Å²) in [5.41, 5.74) is -0.638. The van der Waals surface area contributed by atoms with Gasteiger partial charge in [0.15, 0.2) is 0 Å². The van der Waals surface area contributed by atoms with Crippen LogP contribution in [0.15, 0.2) is 72.4 Å². The van der Waals surface area contributed by atoms with E-state index in [1.807, 2.05) is 0 Å². The van der Waals surface area contributed by atoms with Crippen LogP contribution >= 0.6 is 11.6 Å². The minimum absolute atomic E-state index is 0.0588. The van der Waals surface area contributed by atoms with Gasteiger partial charge in [-0.3, -0.25) is 18.2 Å². The maximum Gasteiger partial charge on any atom is 0.296 e. The standard InChI is InChI=1S/C22H20ClN9O13S4/c23-20-28-21(25-3-4-46(33,34)35)30-22(29-20)27-12-1-2-15(16(7-12)26-10-45-24)31-32-17-9-14-11(6-19(17)49(42,43)44)5-13(47(36,37)38)8-18(14)48(39,40)41/h1-2,5-10H,3-4,24H2,(H,33,34,35)(H,36,37,38)(H,39,40,41)(H,42,43,44)(H2,25,27,28,29,30)/b26-10?,32-31+. The first-order chi connectivity index (χ1) is 22.6. The van der Waals surface area contributed by atoms with Crippen molar-refractivity contribution in [2.24, 2.45) is 21.1 Å². The van der Waals surface area contributed by atoms with Gasteiger partial charge in [-0.2, -0.15) is 54.5 Å². The van der Waals surface area contributed by atoms with Crippen LogP contribution in [0.2, 0.25) is 5.28 Å². The second-order valence-electron chi connectivity index (χ2n) is 9.25. The Morgan fingerprint density at radius 1 is 0.776 bits per heavy atom. The van der Waals surface area contributed by atoms with Crippen molar-refractivity contribution in [3.63, 3.8) is 0 Å². The average Bonchev–Trinajstić information content (AvgIpc) is 2.96. The zero-order chi connectivity index (χ0) is 36.4. The Labute approximate surface area is 281 Å². The molecule has 0 saturated carbocycles. The maximum atomic E-state index is 12.2. The van der Waals surface area contributed by atoms with E-state index in [0.29, 0.717) is 18.2 Å². The summed E-state index contributed by atoms with van der Waals surface area (Å²) in [5.74, 6) is 4.08. The zero-order valence-corrected chi connectivity index (χ0v) is 27.8. The largest absolute Gasteiger partial charge is 0.399 e. The van der Waals surface area contributed by atoms with Gasteiger partial charge in [-0.15, -0.1) is 10.2 Å². The van der Waals surface area contributed by atoms with Gasteiger partial charge in [0.05, 0.1) is 16.3 Å². The maximum absolute atomic E-state index is 12.2. The van der Waals surface area contributed by atoms with Gasteiger partial charge in [-0.05, 0) is 59.5 Å². The summed E-state index contributed by atoms with van der Waals surface area (Å²) in [7, 11) is -19.6. The molecular weight excluding hydrogens is 762 g/mol. The van der Waals surface area contributed by atoms with Gasteiger partial charge in [0, 0.05) is 17.6 Å². The highest BCUT2D eigenvalue weighted by Crippen LogP contribution is 2.38. The topological polar surface area (TPSA) is 353 Å². The molecule has 0 unspecified atom stereocenters. The summed E-state index contributed by atoms with van der Waals surface area (Å²) < 4.78 is 132. The molecular formula is C22H20ClN9O13S4. The fourth-order valence-electron chi connectivity index (χ4n) is 3.86. The van der Waals surface area contributed by atoms with Crippen molar-refractivity contribution in [2.45, 2.75) is 14.7 Å². The van der Waals surface area contributed by atoms with Crippen LogP contribution in [0.1, 0.15) is 0 Å². The number of benzene rings is 3. The molecule has 27 heteroatoms. The van der Waals surface area contributed by atoms with Crippen molar-refractivity contribution >= 4 is 104 Å². The smallest absolute Gasteiger partial charge is 0.296 e. The molecule has 4 rings (SSSR count). The lowest BCUT2D eigenvalue weighted by Gasteiger charge is -2.11. The molecule has 4 aromatic rings. The Kier molecular flexibility index (Phi) is 10.8. The van der Waals surface area contributed by atoms with E-state index in [4.69, 9.17) is 22.1 Å². The van der Waals surface area contributed by atoms with E-state index in [-0.39, 0.29) is 40.8 Å². The minimum Gasteiger partial charge on any atom is -0.399 e. The van der Waals surface area contributed by atoms with Crippen LogP contribution in [0, 0.1) is 0 Å². The molecule has 0 spiro atoms.